The second-order valence-corrected chi connectivity index (χ2v) is 7.07. The van der Waals surface area contributed by atoms with Gasteiger partial charge < -0.3 is 4.74 Å². The van der Waals surface area contributed by atoms with Crippen molar-refractivity contribution in [2.24, 2.45) is 0 Å². The van der Waals surface area contributed by atoms with E-state index in [0.29, 0.717) is 21.4 Å². The maximum atomic E-state index is 12.2. The number of aryl methyl sites for hydroxylation is 1. The monoisotopic (exact) mass is 380 g/mol. The first-order chi connectivity index (χ1) is 12.5. The maximum Gasteiger partial charge on any atom is 0.343 e. The van der Waals surface area contributed by atoms with Crippen LogP contribution in [0, 0.1) is 6.92 Å². The van der Waals surface area contributed by atoms with Crippen LogP contribution in [0.3, 0.4) is 0 Å². The van der Waals surface area contributed by atoms with Crippen molar-refractivity contribution in [1.29, 1.82) is 0 Å². The van der Waals surface area contributed by atoms with Gasteiger partial charge in [0.05, 0.1) is 5.57 Å². The molecule has 1 heterocycles. The zero-order valence-electron chi connectivity index (χ0n) is 13.9. The minimum Gasteiger partial charge on any atom is -0.422 e. The lowest BCUT2D eigenvalue weighted by atomic mass is 10.0. The van der Waals surface area contributed by atoms with Crippen LogP contribution in [-0.4, -0.2) is 5.97 Å². The molecule has 2 nitrogen and oxygen atoms in total. The molecular formula is C22H14Cl2O2. The highest BCUT2D eigenvalue weighted by molar-refractivity contribution is 6.35. The van der Waals surface area contributed by atoms with E-state index in [2.05, 4.69) is 25.1 Å². The van der Waals surface area contributed by atoms with Gasteiger partial charge in [-0.2, -0.15) is 0 Å². The summed E-state index contributed by atoms with van der Waals surface area (Å²) in [4.78, 5) is 12.2. The van der Waals surface area contributed by atoms with Crippen molar-refractivity contribution in [3.63, 3.8) is 0 Å². The van der Waals surface area contributed by atoms with Gasteiger partial charge in [0.15, 0.2) is 0 Å². The van der Waals surface area contributed by atoms with Crippen molar-refractivity contribution < 1.29 is 9.53 Å². The molecule has 3 aromatic carbocycles. The van der Waals surface area contributed by atoms with E-state index in [9.17, 15) is 4.79 Å². The van der Waals surface area contributed by atoms with Gasteiger partial charge >= 0.3 is 5.97 Å². The fourth-order valence-corrected chi connectivity index (χ4v) is 3.40. The standard InChI is InChI=1S/C22H14Cl2O2/c1-13-2-3-15-9-17(5-4-14(15)8-13)21-11-18(22(25)26-21)10-16-6-7-19(23)12-20(16)24/h2-12H,1H3. The van der Waals surface area contributed by atoms with Crippen molar-refractivity contribution in [2.45, 2.75) is 6.92 Å². The van der Waals surface area contributed by atoms with Gasteiger partial charge in [-0.05, 0) is 53.6 Å². The van der Waals surface area contributed by atoms with Gasteiger partial charge in [0.25, 0.3) is 0 Å². The van der Waals surface area contributed by atoms with Crippen LogP contribution in [0.5, 0.6) is 0 Å². The number of halogens is 2. The zero-order valence-corrected chi connectivity index (χ0v) is 15.4. The maximum absolute atomic E-state index is 12.2. The molecule has 0 saturated heterocycles. The number of hydrogen-bond acceptors (Lipinski definition) is 2. The van der Waals surface area contributed by atoms with Gasteiger partial charge in [-0.1, -0.05) is 65.2 Å². The summed E-state index contributed by atoms with van der Waals surface area (Å²) < 4.78 is 5.45. The van der Waals surface area contributed by atoms with E-state index >= 15 is 0 Å². The number of carbonyl (C=O) groups excluding carboxylic acids is 1. The Balaban J connectivity index is 1.72. The number of fused-ring (bicyclic) bond motifs is 1. The van der Waals surface area contributed by atoms with Crippen molar-refractivity contribution in [3.05, 3.63) is 93.0 Å². The molecule has 0 aromatic heterocycles. The Kier molecular flexibility index (Phi) is 4.31. The third-order valence-corrected chi connectivity index (χ3v) is 4.84. The highest BCUT2D eigenvalue weighted by atomic mass is 35.5. The largest absolute Gasteiger partial charge is 0.422 e. The third kappa shape index (κ3) is 3.26. The van der Waals surface area contributed by atoms with E-state index in [-0.39, 0.29) is 0 Å². The molecule has 0 spiro atoms. The van der Waals surface area contributed by atoms with Gasteiger partial charge in [-0.15, -0.1) is 0 Å². The van der Waals surface area contributed by atoms with Crippen LogP contribution in [0.15, 0.2) is 66.2 Å². The first-order valence-electron chi connectivity index (χ1n) is 8.11. The first kappa shape index (κ1) is 16.9. The molecule has 1 aliphatic rings. The molecule has 0 radical (unpaired) electrons. The average molecular weight is 381 g/mol. The summed E-state index contributed by atoms with van der Waals surface area (Å²) in [7, 11) is 0. The second-order valence-electron chi connectivity index (χ2n) is 6.23. The lowest BCUT2D eigenvalue weighted by molar-refractivity contribution is -0.130. The molecule has 0 aliphatic carbocycles. The summed E-state index contributed by atoms with van der Waals surface area (Å²) in [5.41, 5.74) is 3.24. The molecule has 26 heavy (non-hydrogen) atoms. The highest BCUT2D eigenvalue weighted by Crippen LogP contribution is 2.31. The van der Waals surface area contributed by atoms with E-state index in [4.69, 9.17) is 27.9 Å². The quantitative estimate of drug-likeness (QED) is 0.377. The highest BCUT2D eigenvalue weighted by Gasteiger charge is 2.22. The normalized spacial score (nSPS) is 15.4. The van der Waals surface area contributed by atoms with E-state index < -0.39 is 5.97 Å². The van der Waals surface area contributed by atoms with Crippen LogP contribution < -0.4 is 0 Å². The predicted octanol–water partition coefficient (Wildman–Crippen LogP) is 6.44. The minimum absolute atomic E-state index is 0.394. The van der Waals surface area contributed by atoms with E-state index in [1.165, 1.54) is 5.56 Å². The molecule has 4 rings (SSSR count). The van der Waals surface area contributed by atoms with Crippen LogP contribution >= 0.6 is 23.2 Å². The number of ether oxygens (including phenoxy) is 1. The van der Waals surface area contributed by atoms with Crippen molar-refractivity contribution in [3.8, 4) is 0 Å². The fourth-order valence-electron chi connectivity index (χ4n) is 2.94. The number of rotatable bonds is 2. The molecule has 0 amide bonds. The van der Waals surface area contributed by atoms with E-state index in [1.807, 2.05) is 18.2 Å². The van der Waals surface area contributed by atoms with E-state index in [0.717, 1.165) is 21.9 Å². The topological polar surface area (TPSA) is 26.3 Å². The molecule has 0 fully saturated rings. The van der Waals surface area contributed by atoms with Crippen LogP contribution in [0.1, 0.15) is 16.7 Å². The van der Waals surface area contributed by atoms with Crippen LogP contribution in [-0.2, 0) is 9.53 Å². The number of hydrogen-bond donors (Lipinski definition) is 0. The first-order valence-corrected chi connectivity index (χ1v) is 8.87. The predicted molar refractivity (Wildman–Crippen MR) is 107 cm³/mol. The molecule has 128 valence electrons. The summed E-state index contributed by atoms with van der Waals surface area (Å²) in [5.74, 6) is 0.142. The van der Waals surface area contributed by atoms with Crippen LogP contribution in [0.4, 0.5) is 0 Å². The Labute approximate surface area is 161 Å². The fraction of sp³-hybridized carbons (Fsp3) is 0.0455. The van der Waals surface area contributed by atoms with E-state index in [1.54, 1.807) is 30.4 Å². The smallest absolute Gasteiger partial charge is 0.343 e. The van der Waals surface area contributed by atoms with Crippen LogP contribution in [0.2, 0.25) is 10.0 Å². The number of carbonyl (C=O) groups is 1. The Morgan fingerprint density at radius 1 is 0.923 bits per heavy atom. The Morgan fingerprint density at radius 3 is 2.50 bits per heavy atom. The van der Waals surface area contributed by atoms with Gasteiger partial charge in [-0.25, -0.2) is 4.79 Å². The molecule has 1 aliphatic heterocycles. The Hall–Kier alpha value is -2.55. The molecule has 0 saturated carbocycles. The number of benzene rings is 3. The lowest BCUT2D eigenvalue weighted by Crippen LogP contribution is -1.97. The average Bonchev–Trinajstić information content (AvgIpc) is 2.97. The van der Waals surface area contributed by atoms with Crippen molar-refractivity contribution >= 4 is 51.8 Å². The molecular weight excluding hydrogens is 367 g/mol. The second kappa shape index (κ2) is 6.64. The van der Waals surface area contributed by atoms with Gasteiger partial charge in [0.1, 0.15) is 5.76 Å². The Morgan fingerprint density at radius 2 is 1.69 bits per heavy atom. The SMILES string of the molecule is Cc1ccc2cc(C3=CC(=Cc4ccc(Cl)cc4Cl)C(=O)O3)ccc2c1. The minimum atomic E-state index is -0.394. The summed E-state index contributed by atoms with van der Waals surface area (Å²) >= 11 is 12.1. The Bertz CT molecular complexity index is 1110. The van der Waals surface area contributed by atoms with Gasteiger partial charge in [0.2, 0.25) is 0 Å². The summed E-state index contributed by atoms with van der Waals surface area (Å²) in [5, 5.41) is 3.29. The molecule has 3 aromatic rings. The molecule has 0 bridgehead atoms. The van der Waals surface area contributed by atoms with Crippen molar-refractivity contribution in [2.75, 3.05) is 0 Å². The van der Waals surface area contributed by atoms with Gasteiger partial charge in [-0.3, -0.25) is 0 Å². The number of esters is 1. The van der Waals surface area contributed by atoms with Gasteiger partial charge in [0, 0.05) is 15.6 Å². The summed E-state index contributed by atoms with van der Waals surface area (Å²) in [6.07, 6.45) is 3.45. The molecule has 4 heteroatoms. The lowest BCUT2D eigenvalue weighted by Gasteiger charge is -2.05. The third-order valence-electron chi connectivity index (χ3n) is 4.28. The zero-order chi connectivity index (χ0) is 18.3. The summed E-state index contributed by atoms with van der Waals surface area (Å²) in [6, 6.07) is 17.4. The number of cyclic esters (lactones) is 1. The molecule has 0 N–H and O–H groups in total. The molecule has 0 atom stereocenters. The van der Waals surface area contributed by atoms with Crippen LogP contribution in [0.25, 0.3) is 22.6 Å². The molecule has 0 unspecified atom stereocenters. The summed E-state index contributed by atoms with van der Waals surface area (Å²) in [6.45, 7) is 2.06. The van der Waals surface area contributed by atoms with Crippen molar-refractivity contribution in [1.82, 2.24) is 0 Å².